The Morgan fingerprint density at radius 1 is 1.14 bits per heavy atom. The van der Waals surface area contributed by atoms with Crippen molar-refractivity contribution in [2.45, 2.75) is 70.5 Å². The minimum Gasteiger partial charge on any atom is -0.369 e. The zero-order chi connectivity index (χ0) is 15.7. The maximum atomic E-state index is 5.96. The van der Waals surface area contributed by atoms with Gasteiger partial charge in [-0.25, -0.2) is 0 Å². The second kappa shape index (κ2) is 5.99. The molecular weight excluding hydrogens is 278 g/mol. The van der Waals surface area contributed by atoms with Gasteiger partial charge in [-0.3, -0.25) is 0 Å². The maximum absolute atomic E-state index is 5.96. The molecule has 1 aliphatic heterocycles. The molecule has 1 aromatic rings. The topological polar surface area (TPSA) is 77.2 Å². The minimum atomic E-state index is -0.204. The predicted octanol–water partition coefficient (Wildman–Crippen LogP) is 2.51. The molecule has 2 N–H and O–H groups in total. The van der Waals surface area contributed by atoms with E-state index in [1.165, 1.54) is 19.3 Å². The largest absolute Gasteiger partial charge is 0.369 e. The molecule has 6 heteroatoms. The first-order valence-electron chi connectivity index (χ1n) is 8.37. The summed E-state index contributed by atoms with van der Waals surface area (Å²) in [5.41, 5.74) is 5.75. The third-order valence-electron chi connectivity index (χ3n) is 4.48. The van der Waals surface area contributed by atoms with E-state index < -0.39 is 0 Å². The van der Waals surface area contributed by atoms with E-state index in [4.69, 9.17) is 15.5 Å². The summed E-state index contributed by atoms with van der Waals surface area (Å²) in [5, 5.41) is 0. The van der Waals surface area contributed by atoms with Crippen LogP contribution < -0.4 is 10.6 Å². The monoisotopic (exact) mass is 305 g/mol. The second-order valence-electron chi connectivity index (χ2n) is 7.26. The van der Waals surface area contributed by atoms with Gasteiger partial charge in [0.1, 0.15) is 5.82 Å². The maximum Gasteiger partial charge on any atom is 0.230 e. The van der Waals surface area contributed by atoms with Gasteiger partial charge >= 0.3 is 0 Å². The highest BCUT2D eigenvalue weighted by Crippen LogP contribution is 2.32. The molecule has 1 saturated heterocycles. The zero-order valence-corrected chi connectivity index (χ0v) is 13.9. The molecule has 0 radical (unpaired) electrons. The van der Waals surface area contributed by atoms with Crippen molar-refractivity contribution >= 4 is 11.9 Å². The van der Waals surface area contributed by atoms with Gasteiger partial charge in [0.25, 0.3) is 0 Å². The fraction of sp³-hybridized carbons (Fsp3) is 0.812. The van der Waals surface area contributed by atoms with Gasteiger partial charge < -0.3 is 15.4 Å². The SMILES string of the molecule is C[C@H]1CN(c2nc(N)nc(C3CCCCC3)n2)CC(C)(C)O1. The van der Waals surface area contributed by atoms with E-state index in [-0.39, 0.29) is 11.7 Å². The Kier molecular flexibility index (Phi) is 4.21. The number of aromatic nitrogens is 3. The van der Waals surface area contributed by atoms with E-state index in [0.717, 1.165) is 31.8 Å². The fourth-order valence-corrected chi connectivity index (χ4v) is 3.69. The summed E-state index contributed by atoms with van der Waals surface area (Å²) in [4.78, 5) is 15.7. The number of nitrogens with zero attached hydrogens (tertiary/aromatic N) is 4. The molecule has 1 saturated carbocycles. The lowest BCUT2D eigenvalue weighted by molar-refractivity contribution is -0.0754. The third-order valence-corrected chi connectivity index (χ3v) is 4.48. The quantitative estimate of drug-likeness (QED) is 0.904. The molecule has 1 atom stereocenters. The van der Waals surface area contributed by atoms with E-state index in [1.54, 1.807) is 0 Å². The Morgan fingerprint density at radius 3 is 2.55 bits per heavy atom. The molecule has 0 bridgehead atoms. The first kappa shape index (κ1) is 15.5. The van der Waals surface area contributed by atoms with Gasteiger partial charge in [-0.1, -0.05) is 19.3 Å². The van der Waals surface area contributed by atoms with Crippen LogP contribution in [0.5, 0.6) is 0 Å². The van der Waals surface area contributed by atoms with E-state index in [2.05, 4.69) is 35.6 Å². The van der Waals surface area contributed by atoms with Crippen LogP contribution in [0.4, 0.5) is 11.9 Å². The summed E-state index contributed by atoms with van der Waals surface area (Å²) in [6.45, 7) is 7.84. The number of hydrogen-bond acceptors (Lipinski definition) is 6. The highest BCUT2D eigenvalue weighted by Gasteiger charge is 2.33. The molecule has 0 amide bonds. The Hall–Kier alpha value is -1.43. The van der Waals surface area contributed by atoms with Crippen molar-refractivity contribution < 1.29 is 4.74 Å². The highest BCUT2D eigenvalue weighted by molar-refractivity contribution is 5.36. The lowest BCUT2D eigenvalue weighted by Crippen LogP contribution is -2.52. The normalized spacial score (nSPS) is 26.1. The van der Waals surface area contributed by atoms with Gasteiger partial charge in [-0.2, -0.15) is 15.0 Å². The van der Waals surface area contributed by atoms with Crippen LogP contribution in [0.1, 0.15) is 64.6 Å². The van der Waals surface area contributed by atoms with Gasteiger partial charge in [-0.05, 0) is 33.6 Å². The summed E-state index contributed by atoms with van der Waals surface area (Å²) < 4.78 is 5.96. The van der Waals surface area contributed by atoms with Gasteiger partial charge in [0, 0.05) is 19.0 Å². The Labute approximate surface area is 132 Å². The Morgan fingerprint density at radius 2 is 1.86 bits per heavy atom. The Bertz CT molecular complexity index is 527. The Balaban J connectivity index is 1.85. The van der Waals surface area contributed by atoms with Crippen LogP contribution in [0.2, 0.25) is 0 Å². The molecule has 0 aromatic carbocycles. The minimum absolute atomic E-state index is 0.153. The van der Waals surface area contributed by atoms with E-state index in [1.807, 2.05) is 0 Å². The molecule has 1 aromatic heterocycles. The number of rotatable bonds is 2. The summed E-state index contributed by atoms with van der Waals surface area (Å²) in [7, 11) is 0. The summed E-state index contributed by atoms with van der Waals surface area (Å²) in [5.74, 6) is 2.35. The van der Waals surface area contributed by atoms with Crippen molar-refractivity contribution in [1.82, 2.24) is 15.0 Å². The van der Waals surface area contributed by atoms with Crippen molar-refractivity contribution in [2.24, 2.45) is 0 Å². The van der Waals surface area contributed by atoms with Crippen LogP contribution in [0.3, 0.4) is 0 Å². The molecule has 2 aliphatic rings. The molecule has 122 valence electrons. The van der Waals surface area contributed by atoms with E-state index in [9.17, 15) is 0 Å². The van der Waals surface area contributed by atoms with Crippen molar-refractivity contribution in [3.63, 3.8) is 0 Å². The van der Waals surface area contributed by atoms with Crippen LogP contribution >= 0.6 is 0 Å². The molecule has 0 spiro atoms. The van der Waals surface area contributed by atoms with Gasteiger partial charge in [0.05, 0.1) is 11.7 Å². The van der Waals surface area contributed by atoms with Crippen LogP contribution in [-0.2, 0) is 4.74 Å². The zero-order valence-electron chi connectivity index (χ0n) is 13.9. The number of ether oxygens (including phenoxy) is 1. The van der Waals surface area contributed by atoms with Crippen molar-refractivity contribution in [1.29, 1.82) is 0 Å². The molecule has 0 unspecified atom stereocenters. The highest BCUT2D eigenvalue weighted by atomic mass is 16.5. The average molecular weight is 305 g/mol. The lowest BCUT2D eigenvalue weighted by Gasteiger charge is -2.41. The van der Waals surface area contributed by atoms with Gasteiger partial charge in [-0.15, -0.1) is 0 Å². The number of nitrogens with two attached hydrogens (primary N) is 1. The predicted molar refractivity (Wildman–Crippen MR) is 86.9 cm³/mol. The van der Waals surface area contributed by atoms with Crippen LogP contribution in [0.15, 0.2) is 0 Å². The number of morpholine rings is 1. The number of hydrogen-bond donors (Lipinski definition) is 1. The molecule has 1 aliphatic carbocycles. The van der Waals surface area contributed by atoms with Crippen LogP contribution in [-0.4, -0.2) is 39.7 Å². The summed E-state index contributed by atoms with van der Waals surface area (Å²) in [6, 6.07) is 0. The third kappa shape index (κ3) is 3.48. The first-order valence-corrected chi connectivity index (χ1v) is 8.37. The van der Waals surface area contributed by atoms with E-state index in [0.29, 0.717) is 17.8 Å². The van der Waals surface area contributed by atoms with E-state index >= 15 is 0 Å². The standard InChI is InChI=1S/C16H27N5O/c1-11-9-21(10-16(2,3)22-11)15-19-13(18-14(17)20-15)12-7-5-4-6-8-12/h11-12H,4-10H2,1-3H3,(H2,17,18,19,20)/t11-/m0/s1. The first-order chi connectivity index (χ1) is 10.4. The molecule has 6 nitrogen and oxygen atoms in total. The molecule has 2 heterocycles. The molecule has 22 heavy (non-hydrogen) atoms. The van der Waals surface area contributed by atoms with Crippen molar-refractivity contribution in [3.8, 4) is 0 Å². The number of anilines is 2. The molecule has 2 fully saturated rings. The van der Waals surface area contributed by atoms with Crippen molar-refractivity contribution in [2.75, 3.05) is 23.7 Å². The number of nitrogen functional groups attached to an aromatic ring is 1. The van der Waals surface area contributed by atoms with Gasteiger partial charge in [0.2, 0.25) is 11.9 Å². The lowest BCUT2D eigenvalue weighted by atomic mass is 9.89. The van der Waals surface area contributed by atoms with Crippen molar-refractivity contribution in [3.05, 3.63) is 5.82 Å². The summed E-state index contributed by atoms with van der Waals surface area (Å²) in [6.07, 6.45) is 6.31. The van der Waals surface area contributed by atoms with Gasteiger partial charge in [0.15, 0.2) is 0 Å². The van der Waals surface area contributed by atoms with Crippen LogP contribution in [0.25, 0.3) is 0 Å². The summed E-state index contributed by atoms with van der Waals surface area (Å²) >= 11 is 0. The fourth-order valence-electron chi connectivity index (χ4n) is 3.69. The molecule has 3 rings (SSSR count). The smallest absolute Gasteiger partial charge is 0.230 e. The average Bonchev–Trinajstić information content (AvgIpc) is 2.45. The van der Waals surface area contributed by atoms with Crippen LogP contribution in [0, 0.1) is 0 Å². The second-order valence-corrected chi connectivity index (χ2v) is 7.26. The molecular formula is C16H27N5O.